The van der Waals surface area contributed by atoms with Crippen LogP contribution in [0.3, 0.4) is 0 Å². The summed E-state index contributed by atoms with van der Waals surface area (Å²) in [6, 6.07) is 9.04. The molecule has 2 rings (SSSR count). The summed E-state index contributed by atoms with van der Waals surface area (Å²) in [5.74, 6) is 2.29. The summed E-state index contributed by atoms with van der Waals surface area (Å²) in [6.07, 6.45) is 13.0. The third-order valence-electron chi connectivity index (χ3n) is 6.78. The standard InChI is InChI=1S/C30H44O/c1-8-10-28(17-21(2)3)20-27-15-13-26(14-16-27)19-25(7)30(31)29-12-9-11-22(4)23(5)18-24(29)6/h9,11-16,21,23,25,28H,8,10,17-20H2,1-7H3/b12-9-,22-11-,29-24?. The summed E-state index contributed by atoms with van der Waals surface area (Å²) in [6.45, 7) is 15.6. The first-order valence-electron chi connectivity index (χ1n) is 12.4. The summed E-state index contributed by atoms with van der Waals surface area (Å²) < 4.78 is 0. The molecule has 3 unspecified atom stereocenters. The fraction of sp³-hybridized carbons (Fsp3) is 0.567. The van der Waals surface area contributed by atoms with Crippen molar-refractivity contribution in [2.24, 2.45) is 23.7 Å². The minimum absolute atomic E-state index is 0.00552. The van der Waals surface area contributed by atoms with E-state index >= 15 is 0 Å². The van der Waals surface area contributed by atoms with E-state index < -0.39 is 0 Å². The third kappa shape index (κ3) is 7.95. The Bertz CT molecular complexity index is 803. The van der Waals surface area contributed by atoms with Gasteiger partial charge in [-0.2, -0.15) is 0 Å². The molecule has 0 spiro atoms. The summed E-state index contributed by atoms with van der Waals surface area (Å²) in [4.78, 5) is 13.2. The number of carbonyl (C=O) groups excluding carboxylic acids is 1. The Morgan fingerprint density at radius 2 is 1.65 bits per heavy atom. The Kier molecular flexibility index (Phi) is 10.0. The van der Waals surface area contributed by atoms with Crippen molar-refractivity contribution in [2.45, 2.75) is 87.0 Å². The van der Waals surface area contributed by atoms with E-state index in [2.05, 4.69) is 78.8 Å². The van der Waals surface area contributed by atoms with E-state index in [1.54, 1.807) is 0 Å². The molecule has 0 heterocycles. The van der Waals surface area contributed by atoms with Crippen LogP contribution in [0.5, 0.6) is 0 Å². The first kappa shape index (κ1) is 25.4. The van der Waals surface area contributed by atoms with Crippen LogP contribution in [0, 0.1) is 23.7 Å². The molecular formula is C30H44O. The zero-order valence-electron chi connectivity index (χ0n) is 21.0. The predicted molar refractivity (Wildman–Crippen MR) is 135 cm³/mol. The summed E-state index contributed by atoms with van der Waals surface area (Å²) in [7, 11) is 0. The van der Waals surface area contributed by atoms with Crippen LogP contribution in [0.25, 0.3) is 0 Å². The average Bonchev–Trinajstić information content (AvgIpc) is 2.70. The van der Waals surface area contributed by atoms with Gasteiger partial charge in [-0.1, -0.05) is 101 Å². The monoisotopic (exact) mass is 420 g/mol. The highest BCUT2D eigenvalue weighted by atomic mass is 16.1. The van der Waals surface area contributed by atoms with E-state index in [1.807, 2.05) is 12.2 Å². The Morgan fingerprint density at radius 1 is 1.03 bits per heavy atom. The van der Waals surface area contributed by atoms with Gasteiger partial charge in [0.15, 0.2) is 5.78 Å². The van der Waals surface area contributed by atoms with Crippen LogP contribution in [0.1, 0.15) is 85.3 Å². The minimum atomic E-state index is -0.00552. The number of hydrogen-bond acceptors (Lipinski definition) is 1. The minimum Gasteiger partial charge on any atom is -0.294 e. The molecule has 0 aliphatic heterocycles. The second kappa shape index (κ2) is 12.2. The maximum atomic E-state index is 13.2. The Morgan fingerprint density at radius 3 is 2.23 bits per heavy atom. The van der Waals surface area contributed by atoms with Crippen LogP contribution >= 0.6 is 0 Å². The third-order valence-corrected chi connectivity index (χ3v) is 6.78. The maximum absolute atomic E-state index is 13.2. The van der Waals surface area contributed by atoms with Crippen molar-refractivity contribution in [3.63, 3.8) is 0 Å². The zero-order valence-corrected chi connectivity index (χ0v) is 21.0. The molecule has 31 heavy (non-hydrogen) atoms. The molecule has 1 aliphatic rings. The lowest BCUT2D eigenvalue weighted by molar-refractivity contribution is -0.118. The normalized spacial score (nSPS) is 21.8. The van der Waals surface area contributed by atoms with Crippen molar-refractivity contribution in [3.05, 3.63) is 70.3 Å². The van der Waals surface area contributed by atoms with E-state index in [9.17, 15) is 4.79 Å². The van der Waals surface area contributed by atoms with Crippen LogP contribution in [0.4, 0.5) is 0 Å². The first-order chi connectivity index (χ1) is 14.7. The molecule has 1 aliphatic carbocycles. The quantitative estimate of drug-likeness (QED) is 0.372. The summed E-state index contributed by atoms with van der Waals surface area (Å²) in [5, 5.41) is 0. The van der Waals surface area contributed by atoms with Gasteiger partial charge < -0.3 is 0 Å². The highest BCUT2D eigenvalue weighted by Crippen LogP contribution is 2.27. The van der Waals surface area contributed by atoms with E-state index in [0.29, 0.717) is 5.92 Å². The van der Waals surface area contributed by atoms with Gasteiger partial charge in [0.2, 0.25) is 0 Å². The van der Waals surface area contributed by atoms with Crippen molar-refractivity contribution in [1.29, 1.82) is 0 Å². The fourth-order valence-electron chi connectivity index (χ4n) is 4.86. The summed E-state index contributed by atoms with van der Waals surface area (Å²) in [5.41, 5.74) is 6.20. The number of benzene rings is 1. The molecule has 0 fully saturated rings. The van der Waals surface area contributed by atoms with Gasteiger partial charge in [-0.3, -0.25) is 4.79 Å². The molecule has 1 aromatic carbocycles. The fourth-order valence-corrected chi connectivity index (χ4v) is 4.86. The van der Waals surface area contributed by atoms with Crippen LogP contribution in [0.2, 0.25) is 0 Å². The number of carbonyl (C=O) groups is 1. The van der Waals surface area contributed by atoms with Gasteiger partial charge >= 0.3 is 0 Å². The van der Waals surface area contributed by atoms with Gasteiger partial charge in [0.05, 0.1) is 0 Å². The van der Waals surface area contributed by atoms with Crippen molar-refractivity contribution in [3.8, 4) is 0 Å². The molecular weight excluding hydrogens is 376 g/mol. The van der Waals surface area contributed by atoms with Crippen molar-refractivity contribution in [1.82, 2.24) is 0 Å². The van der Waals surface area contributed by atoms with Crippen LogP contribution in [0.15, 0.2) is 59.2 Å². The van der Waals surface area contributed by atoms with Crippen LogP contribution < -0.4 is 0 Å². The van der Waals surface area contributed by atoms with E-state index in [-0.39, 0.29) is 11.7 Å². The highest BCUT2D eigenvalue weighted by Gasteiger charge is 2.20. The van der Waals surface area contributed by atoms with Crippen molar-refractivity contribution < 1.29 is 4.79 Å². The molecule has 0 saturated carbocycles. The molecule has 0 bridgehead atoms. The van der Waals surface area contributed by atoms with Gasteiger partial charge in [-0.05, 0) is 68.4 Å². The van der Waals surface area contributed by atoms with E-state index in [0.717, 1.165) is 30.3 Å². The van der Waals surface area contributed by atoms with Gasteiger partial charge in [0.1, 0.15) is 0 Å². The number of hydrogen-bond donors (Lipinski definition) is 0. The molecule has 0 amide bonds. The van der Waals surface area contributed by atoms with E-state index in [1.165, 1.54) is 48.0 Å². The molecule has 0 N–H and O–H groups in total. The smallest absolute Gasteiger partial charge is 0.165 e. The Hall–Kier alpha value is -1.89. The molecule has 0 aromatic heterocycles. The summed E-state index contributed by atoms with van der Waals surface area (Å²) >= 11 is 0. The predicted octanol–water partition coefficient (Wildman–Crippen LogP) is 8.30. The van der Waals surface area contributed by atoms with E-state index in [4.69, 9.17) is 0 Å². The van der Waals surface area contributed by atoms with Gasteiger partial charge in [0.25, 0.3) is 0 Å². The Labute approximate surface area is 191 Å². The number of Topliss-reactive ketones (excluding diaryl/α,β-unsaturated/α-hetero) is 1. The highest BCUT2D eigenvalue weighted by molar-refractivity contribution is 6.00. The molecule has 1 nitrogen and oxygen atoms in total. The molecule has 1 aromatic rings. The number of allylic oxidation sites excluding steroid dienone is 6. The average molecular weight is 421 g/mol. The van der Waals surface area contributed by atoms with Gasteiger partial charge in [0, 0.05) is 11.5 Å². The molecule has 0 saturated heterocycles. The van der Waals surface area contributed by atoms with Gasteiger partial charge in [-0.15, -0.1) is 0 Å². The molecule has 0 radical (unpaired) electrons. The Balaban J connectivity index is 2.04. The zero-order chi connectivity index (χ0) is 23.0. The first-order valence-corrected chi connectivity index (χ1v) is 12.4. The molecule has 1 heteroatoms. The largest absolute Gasteiger partial charge is 0.294 e. The molecule has 170 valence electrons. The number of ketones is 1. The van der Waals surface area contributed by atoms with Crippen molar-refractivity contribution >= 4 is 5.78 Å². The second-order valence-corrected chi connectivity index (χ2v) is 10.3. The second-order valence-electron chi connectivity index (χ2n) is 10.3. The lowest BCUT2D eigenvalue weighted by Crippen LogP contribution is -2.17. The maximum Gasteiger partial charge on any atom is 0.165 e. The lowest BCUT2D eigenvalue weighted by Gasteiger charge is -2.20. The van der Waals surface area contributed by atoms with Gasteiger partial charge in [-0.25, -0.2) is 0 Å². The lowest BCUT2D eigenvalue weighted by atomic mass is 9.85. The topological polar surface area (TPSA) is 17.1 Å². The van der Waals surface area contributed by atoms with Crippen molar-refractivity contribution in [2.75, 3.05) is 0 Å². The molecule has 3 atom stereocenters. The van der Waals surface area contributed by atoms with Crippen LogP contribution in [-0.2, 0) is 17.6 Å². The van der Waals surface area contributed by atoms with Crippen LogP contribution in [-0.4, -0.2) is 5.78 Å². The number of rotatable bonds is 10. The SMILES string of the molecule is CCCC(Cc1ccc(CC(C)C(=O)C2=C(C)CC(C)/C(C)=C\C=C/2)cc1)CC(C)C.